The quantitative estimate of drug-likeness (QED) is 0.626. The molecule has 0 spiro atoms. The zero-order valence-electron chi connectivity index (χ0n) is 6.87. The molecule has 0 amide bonds. The Hall–Kier alpha value is -1.24. The fourth-order valence-electron chi connectivity index (χ4n) is 0.984. The van der Waals surface area contributed by atoms with Gasteiger partial charge in [-0.05, 0) is 13.0 Å². The molecule has 0 saturated carbocycles. The number of para-hydroxylation sites is 1. The third kappa shape index (κ3) is 1.84. The van der Waals surface area contributed by atoms with Crippen LogP contribution in [0.2, 0.25) is 0 Å². The van der Waals surface area contributed by atoms with Crippen molar-refractivity contribution in [3.63, 3.8) is 0 Å². The molecule has 0 aliphatic heterocycles. The Morgan fingerprint density at radius 3 is 2.64 bits per heavy atom. The Labute approximate surface area is 67.3 Å². The summed E-state index contributed by atoms with van der Waals surface area (Å²) in [7, 11) is 1.68. The van der Waals surface area contributed by atoms with Crippen LogP contribution in [0.15, 0.2) is 30.3 Å². The van der Waals surface area contributed by atoms with Crippen LogP contribution in [0.3, 0.4) is 0 Å². The van der Waals surface area contributed by atoms with Gasteiger partial charge in [0.1, 0.15) is 5.75 Å². The monoisotopic (exact) mass is 148 g/mol. The highest BCUT2D eigenvalue weighted by atomic mass is 16.5. The molecular weight excluding hydrogens is 136 g/mol. The Balaban J connectivity index is 3.02. The van der Waals surface area contributed by atoms with Gasteiger partial charge in [0.15, 0.2) is 0 Å². The van der Waals surface area contributed by atoms with Gasteiger partial charge in [0.2, 0.25) is 0 Å². The molecule has 0 atom stereocenters. The maximum absolute atomic E-state index is 5.15. The van der Waals surface area contributed by atoms with Crippen LogP contribution in [0.5, 0.6) is 5.75 Å². The van der Waals surface area contributed by atoms with Crippen molar-refractivity contribution in [3.05, 3.63) is 35.9 Å². The first-order valence-corrected chi connectivity index (χ1v) is 3.64. The van der Waals surface area contributed by atoms with Crippen molar-refractivity contribution < 1.29 is 4.74 Å². The molecule has 11 heavy (non-hydrogen) atoms. The number of rotatable bonds is 2. The summed E-state index contributed by atoms with van der Waals surface area (Å²) in [6.07, 6.45) is 4.02. The summed E-state index contributed by atoms with van der Waals surface area (Å²) >= 11 is 0. The van der Waals surface area contributed by atoms with Crippen molar-refractivity contribution >= 4 is 6.08 Å². The second kappa shape index (κ2) is 3.81. The molecule has 0 radical (unpaired) electrons. The third-order valence-corrected chi connectivity index (χ3v) is 1.49. The number of hydrogen-bond acceptors (Lipinski definition) is 1. The summed E-state index contributed by atoms with van der Waals surface area (Å²) in [5.74, 6) is 0.922. The molecule has 1 aromatic rings. The average molecular weight is 148 g/mol. The molecule has 0 bridgehead atoms. The minimum absolute atomic E-state index is 0.922. The van der Waals surface area contributed by atoms with E-state index in [9.17, 15) is 0 Å². The third-order valence-electron chi connectivity index (χ3n) is 1.49. The van der Waals surface area contributed by atoms with Gasteiger partial charge in [-0.15, -0.1) is 0 Å². The largest absolute Gasteiger partial charge is 0.496 e. The summed E-state index contributed by atoms with van der Waals surface area (Å²) in [6, 6.07) is 7.94. The van der Waals surface area contributed by atoms with Crippen molar-refractivity contribution in [2.24, 2.45) is 0 Å². The van der Waals surface area contributed by atoms with E-state index in [1.54, 1.807) is 7.11 Å². The fraction of sp³-hybridized carbons (Fsp3) is 0.200. The lowest BCUT2D eigenvalue weighted by Gasteiger charge is -2.02. The van der Waals surface area contributed by atoms with E-state index in [0.29, 0.717) is 0 Å². The van der Waals surface area contributed by atoms with Gasteiger partial charge >= 0.3 is 0 Å². The lowest BCUT2D eigenvalue weighted by molar-refractivity contribution is 0.414. The standard InChI is InChI=1S/C10H12O/c1-3-6-9-7-4-5-8-10(9)11-2/h3-8H,1-2H3/b6-3-. The summed E-state index contributed by atoms with van der Waals surface area (Å²) in [4.78, 5) is 0. The first-order chi connectivity index (χ1) is 5.38. The number of methoxy groups -OCH3 is 1. The second-order valence-electron chi connectivity index (χ2n) is 2.24. The van der Waals surface area contributed by atoms with Gasteiger partial charge in [-0.25, -0.2) is 0 Å². The van der Waals surface area contributed by atoms with Crippen molar-refractivity contribution in [3.8, 4) is 5.75 Å². The number of ether oxygens (including phenoxy) is 1. The van der Waals surface area contributed by atoms with E-state index in [4.69, 9.17) is 4.74 Å². The molecule has 0 fully saturated rings. The van der Waals surface area contributed by atoms with Gasteiger partial charge in [-0.1, -0.05) is 30.4 Å². The minimum Gasteiger partial charge on any atom is -0.496 e. The van der Waals surface area contributed by atoms with Gasteiger partial charge in [0.25, 0.3) is 0 Å². The normalized spacial score (nSPS) is 10.4. The fourth-order valence-corrected chi connectivity index (χ4v) is 0.984. The molecule has 0 N–H and O–H groups in total. The van der Waals surface area contributed by atoms with E-state index in [1.165, 1.54) is 0 Å². The second-order valence-corrected chi connectivity index (χ2v) is 2.24. The van der Waals surface area contributed by atoms with E-state index in [2.05, 4.69) is 0 Å². The Kier molecular flexibility index (Phi) is 2.73. The van der Waals surface area contributed by atoms with Crippen LogP contribution in [0.4, 0.5) is 0 Å². The van der Waals surface area contributed by atoms with E-state index < -0.39 is 0 Å². The maximum atomic E-state index is 5.15. The van der Waals surface area contributed by atoms with Crippen molar-refractivity contribution in [1.82, 2.24) is 0 Å². The SMILES string of the molecule is C/C=C\c1ccccc1OC. The van der Waals surface area contributed by atoms with Crippen molar-refractivity contribution in [2.75, 3.05) is 7.11 Å². The number of hydrogen-bond donors (Lipinski definition) is 0. The highest BCUT2D eigenvalue weighted by molar-refractivity contribution is 5.56. The molecule has 1 aromatic carbocycles. The van der Waals surface area contributed by atoms with Gasteiger partial charge in [-0.3, -0.25) is 0 Å². The van der Waals surface area contributed by atoms with Crippen LogP contribution in [0.25, 0.3) is 6.08 Å². The highest BCUT2D eigenvalue weighted by Crippen LogP contribution is 2.18. The van der Waals surface area contributed by atoms with Gasteiger partial charge in [-0.2, -0.15) is 0 Å². The summed E-state index contributed by atoms with van der Waals surface area (Å²) in [5.41, 5.74) is 1.12. The molecule has 58 valence electrons. The Morgan fingerprint density at radius 2 is 2.00 bits per heavy atom. The van der Waals surface area contributed by atoms with Crippen LogP contribution < -0.4 is 4.74 Å². The van der Waals surface area contributed by atoms with E-state index in [1.807, 2.05) is 43.3 Å². The van der Waals surface area contributed by atoms with Crippen molar-refractivity contribution in [1.29, 1.82) is 0 Å². The average Bonchev–Trinajstić information content (AvgIpc) is 2.06. The molecule has 0 unspecified atom stereocenters. The van der Waals surface area contributed by atoms with E-state index in [0.717, 1.165) is 11.3 Å². The molecule has 0 heterocycles. The van der Waals surface area contributed by atoms with Crippen LogP contribution in [0.1, 0.15) is 12.5 Å². The Bertz CT molecular complexity index is 251. The molecule has 0 saturated heterocycles. The lowest BCUT2D eigenvalue weighted by atomic mass is 10.2. The first-order valence-electron chi connectivity index (χ1n) is 3.64. The molecule has 0 aliphatic carbocycles. The topological polar surface area (TPSA) is 9.23 Å². The zero-order valence-corrected chi connectivity index (χ0v) is 6.87. The Morgan fingerprint density at radius 1 is 1.27 bits per heavy atom. The predicted octanol–water partition coefficient (Wildman–Crippen LogP) is 2.73. The van der Waals surface area contributed by atoms with Crippen LogP contribution in [0, 0.1) is 0 Å². The number of benzene rings is 1. The summed E-state index contributed by atoms with van der Waals surface area (Å²) in [5, 5.41) is 0. The van der Waals surface area contributed by atoms with E-state index in [-0.39, 0.29) is 0 Å². The van der Waals surface area contributed by atoms with Crippen molar-refractivity contribution in [2.45, 2.75) is 6.92 Å². The van der Waals surface area contributed by atoms with Crippen LogP contribution >= 0.6 is 0 Å². The lowest BCUT2D eigenvalue weighted by Crippen LogP contribution is -1.84. The van der Waals surface area contributed by atoms with Gasteiger partial charge < -0.3 is 4.74 Å². The minimum atomic E-state index is 0.922. The maximum Gasteiger partial charge on any atom is 0.126 e. The van der Waals surface area contributed by atoms with Crippen LogP contribution in [-0.2, 0) is 0 Å². The summed E-state index contributed by atoms with van der Waals surface area (Å²) in [6.45, 7) is 1.99. The highest BCUT2D eigenvalue weighted by Gasteiger charge is 1.94. The smallest absolute Gasteiger partial charge is 0.126 e. The van der Waals surface area contributed by atoms with Crippen LogP contribution in [-0.4, -0.2) is 7.11 Å². The molecule has 0 aromatic heterocycles. The zero-order chi connectivity index (χ0) is 8.10. The number of allylic oxidation sites excluding steroid dienone is 1. The first kappa shape index (κ1) is 7.86. The molecule has 1 heteroatoms. The van der Waals surface area contributed by atoms with Gasteiger partial charge in [0, 0.05) is 5.56 Å². The molecule has 1 nitrogen and oxygen atoms in total. The summed E-state index contributed by atoms with van der Waals surface area (Å²) < 4.78 is 5.15. The predicted molar refractivity (Wildman–Crippen MR) is 47.7 cm³/mol. The molecule has 0 aliphatic rings. The van der Waals surface area contributed by atoms with E-state index >= 15 is 0 Å². The molecular formula is C10H12O. The van der Waals surface area contributed by atoms with Gasteiger partial charge in [0.05, 0.1) is 7.11 Å². The molecule has 1 rings (SSSR count).